The van der Waals surface area contributed by atoms with Gasteiger partial charge in [-0.25, -0.2) is 0 Å². The highest BCUT2D eigenvalue weighted by molar-refractivity contribution is 6.00. The van der Waals surface area contributed by atoms with Gasteiger partial charge in [-0.05, 0) is 25.0 Å². The molecule has 0 radical (unpaired) electrons. The molecular formula is C16H18N2O. The van der Waals surface area contributed by atoms with Crippen LogP contribution in [-0.4, -0.2) is 25.2 Å². The van der Waals surface area contributed by atoms with E-state index in [4.69, 9.17) is 0 Å². The summed E-state index contributed by atoms with van der Waals surface area (Å²) < 4.78 is 0. The lowest BCUT2D eigenvalue weighted by Crippen LogP contribution is -2.31. The Bertz CT molecular complexity index is 544. The van der Waals surface area contributed by atoms with Crippen LogP contribution in [0.4, 0.5) is 5.69 Å². The molecule has 3 heteroatoms. The Kier molecular flexibility index (Phi) is 4.29. The third-order valence-corrected chi connectivity index (χ3v) is 3.19. The highest BCUT2D eigenvalue weighted by Crippen LogP contribution is 2.29. The van der Waals surface area contributed by atoms with E-state index in [1.807, 2.05) is 13.0 Å². The summed E-state index contributed by atoms with van der Waals surface area (Å²) in [5, 5.41) is 0. The summed E-state index contributed by atoms with van der Waals surface area (Å²) >= 11 is 0. The monoisotopic (exact) mass is 254 g/mol. The van der Waals surface area contributed by atoms with Gasteiger partial charge in [0.1, 0.15) is 12.1 Å². The van der Waals surface area contributed by atoms with Crippen molar-refractivity contribution in [1.29, 1.82) is 0 Å². The quantitative estimate of drug-likeness (QED) is 0.358. The molecule has 0 spiro atoms. The smallest absolute Gasteiger partial charge is 0.141 e. The van der Waals surface area contributed by atoms with Gasteiger partial charge in [0.15, 0.2) is 0 Å². The Morgan fingerprint density at radius 3 is 3.11 bits per heavy atom. The number of amidine groups is 1. The van der Waals surface area contributed by atoms with E-state index < -0.39 is 0 Å². The highest BCUT2D eigenvalue weighted by Gasteiger charge is 2.16. The number of carbonyl (C=O) groups is 1. The number of aliphatic imine (C=N–C) groups is 1. The Hall–Kier alpha value is -2.16. The molecule has 1 aromatic rings. The largest absolute Gasteiger partial charge is 0.326 e. The molecule has 0 bridgehead atoms. The molecule has 1 aromatic carbocycles. The molecule has 1 aliphatic rings. The van der Waals surface area contributed by atoms with Crippen LogP contribution in [0.5, 0.6) is 0 Å². The minimum Gasteiger partial charge on any atom is -0.326 e. The summed E-state index contributed by atoms with van der Waals surface area (Å²) in [4.78, 5) is 16.8. The van der Waals surface area contributed by atoms with E-state index in [9.17, 15) is 4.79 Å². The number of rotatable bonds is 4. The van der Waals surface area contributed by atoms with Crippen molar-refractivity contribution in [3.8, 4) is 0 Å². The predicted molar refractivity (Wildman–Crippen MR) is 80.8 cm³/mol. The summed E-state index contributed by atoms with van der Waals surface area (Å²) in [6, 6.07) is 6.26. The van der Waals surface area contributed by atoms with E-state index in [-0.39, 0.29) is 6.54 Å². The van der Waals surface area contributed by atoms with Gasteiger partial charge in [0, 0.05) is 17.8 Å². The minimum absolute atomic E-state index is 0.216. The maximum atomic E-state index is 10.4. The molecule has 0 atom stereocenters. The van der Waals surface area contributed by atoms with Crippen molar-refractivity contribution in [2.24, 2.45) is 4.99 Å². The van der Waals surface area contributed by atoms with Gasteiger partial charge in [0.2, 0.25) is 0 Å². The van der Waals surface area contributed by atoms with Crippen LogP contribution < -0.4 is 4.90 Å². The zero-order chi connectivity index (χ0) is 13.7. The van der Waals surface area contributed by atoms with Crippen molar-refractivity contribution in [1.82, 2.24) is 0 Å². The molecule has 0 saturated carbocycles. The second-order valence-corrected chi connectivity index (χ2v) is 4.41. The number of carbonyl (C=O) groups excluding carboxylic acids is 1. The fourth-order valence-electron chi connectivity index (χ4n) is 2.30. The lowest BCUT2D eigenvalue weighted by Gasteiger charge is -2.29. The van der Waals surface area contributed by atoms with Gasteiger partial charge in [-0.15, -0.1) is 6.58 Å². The normalized spacial score (nSPS) is 14.2. The molecular weight excluding hydrogens is 236 g/mol. The zero-order valence-electron chi connectivity index (χ0n) is 11.2. The molecule has 0 fully saturated rings. The van der Waals surface area contributed by atoms with Crippen LogP contribution in [0.3, 0.4) is 0 Å². The zero-order valence-corrected chi connectivity index (χ0v) is 11.2. The first-order valence-corrected chi connectivity index (χ1v) is 6.39. The number of hydrogen-bond donors (Lipinski definition) is 0. The van der Waals surface area contributed by atoms with Crippen LogP contribution in [0.15, 0.2) is 41.9 Å². The predicted octanol–water partition coefficient (Wildman–Crippen LogP) is 2.87. The van der Waals surface area contributed by atoms with Crippen LogP contribution in [0.2, 0.25) is 0 Å². The average Bonchev–Trinajstić information content (AvgIpc) is 2.45. The van der Waals surface area contributed by atoms with Crippen molar-refractivity contribution in [3.05, 3.63) is 48.1 Å². The number of allylic oxidation sites excluding steroid dienone is 1. The molecule has 3 nitrogen and oxygen atoms in total. The van der Waals surface area contributed by atoms with Gasteiger partial charge in [-0.1, -0.05) is 30.4 Å². The number of anilines is 1. The van der Waals surface area contributed by atoms with Gasteiger partial charge >= 0.3 is 0 Å². The minimum atomic E-state index is 0.216. The summed E-state index contributed by atoms with van der Waals surface area (Å²) in [6.45, 7) is 6.74. The molecule has 0 unspecified atom stereocenters. The highest BCUT2D eigenvalue weighted by atomic mass is 16.1. The van der Waals surface area contributed by atoms with Gasteiger partial charge in [0.05, 0.1) is 6.54 Å². The first kappa shape index (κ1) is 13.3. The maximum Gasteiger partial charge on any atom is 0.141 e. The summed E-state index contributed by atoms with van der Waals surface area (Å²) in [7, 11) is 0. The molecule has 1 aliphatic heterocycles. The number of nitrogens with zero attached hydrogens (tertiary/aromatic N) is 2. The Morgan fingerprint density at radius 1 is 1.53 bits per heavy atom. The van der Waals surface area contributed by atoms with E-state index in [0.717, 1.165) is 30.8 Å². The fourth-order valence-corrected chi connectivity index (χ4v) is 2.30. The Labute approximate surface area is 114 Å². The molecule has 0 N–H and O–H groups in total. The second-order valence-electron chi connectivity index (χ2n) is 4.41. The topological polar surface area (TPSA) is 32.7 Å². The van der Waals surface area contributed by atoms with E-state index in [1.54, 1.807) is 0 Å². The van der Waals surface area contributed by atoms with Crippen LogP contribution >= 0.6 is 0 Å². The SMILES string of the molecule is C=CCc1cccc2c1C=CCN2C(C)=NCC=O. The summed E-state index contributed by atoms with van der Waals surface area (Å²) in [6.07, 6.45) is 7.85. The van der Waals surface area contributed by atoms with E-state index >= 15 is 0 Å². The Morgan fingerprint density at radius 2 is 2.37 bits per heavy atom. The first-order valence-electron chi connectivity index (χ1n) is 6.39. The fraction of sp³-hybridized carbons (Fsp3) is 0.250. The van der Waals surface area contributed by atoms with Crippen LogP contribution in [0.25, 0.3) is 6.08 Å². The van der Waals surface area contributed by atoms with Gasteiger partial charge < -0.3 is 9.69 Å². The van der Waals surface area contributed by atoms with Gasteiger partial charge in [-0.2, -0.15) is 0 Å². The lowest BCUT2D eigenvalue weighted by molar-refractivity contribution is -0.106. The number of fused-ring (bicyclic) bond motifs is 1. The van der Waals surface area contributed by atoms with Crippen molar-refractivity contribution in [3.63, 3.8) is 0 Å². The van der Waals surface area contributed by atoms with Crippen molar-refractivity contribution < 1.29 is 4.79 Å². The average molecular weight is 254 g/mol. The summed E-state index contributed by atoms with van der Waals surface area (Å²) in [5.74, 6) is 0.869. The molecule has 19 heavy (non-hydrogen) atoms. The first-order chi connectivity index (χ1) is 9.27. The lowest BCUT2D eigenvalue weighted by atomic mass is 9.99. The standard InChI is InChI=1S/C16H18N2O/c1-3-6-14-7-4-9-16-15(14)8-5-11-18(16)13(2)17-10-12-19/h3-5,7-9,12H,1,6,10-11H2,2H3. The molecule has 1 heterocycles. The van der Waals surface area contributed by atoms with E-state index in [0.29, 0.717) is 0 Å². The Balaban J connectivity index is 2.39. The van der Waals surface area contributed by atoms with Crippen LogP contribution in [0.1, 0.15) is 18.1 Å². The van der Waals surface area contributed by atoms with E-state index in [1.165, 1.54) is 11.1 Å². The summed E-state index contributed by atoms with van der Waals surface area (Å²) in [5.41, 5.74) is 3.62. The van der Waals surface area contributed by atoms with E-state index in [2.05, 4.69) is 46.8 Å². The van der Waals surface area contributed by atoms with Crippen LogP contribution in [-0.2, 0) is 11.2 Å². The number of hydrogen-bond acceptors (Lipinski definition) is 2. The molecule has 2 rings (SSSR count). The molecule has 0 aliphatic carbocycles. The van der Waals surface area contributed by atoms with Crippen molar-refractivity contribution >= 4 is 23.9 Å². The number of benzene rings is 1. The molecule has 98 valence electrons. The number of aldehydes is 1. The molecule has 0 amide bonds. The van der Waals surface area contributed by atoms with Crippen LogP contribution in [0, 0.1) is 0 Å². The third-order valence-electron chi connectivity index (χ3n) is 3.19. The second kappa shape index (κ2) is 6.14. The third kappa shape index (κ3) is 2.81. The maximum absolute atomic E-state index is 10.4. The van der Waals surface area contributed by atoms with Crippen molar-refractivity contribution in [2.75, 3.05) is 18.0 Å². The molecule has 0 aromatic heterocycles. The van der Waals surface area contributed by atoms with Gasteiger partial charge in [0.25, 0.3) is 0 Å². The van der Waals surface area contributed by atoms with Gasteiger partial charge in [-0.3, -0.25) is 4.99 Å². The van der Waals surface area contributed by atoms with Crippen molar-refractivity contribution in [2.45, 2.75) is 13.3 Å². The molecule has 0 saturated heterocycles.